The average Bonchev–Trinajstić information content (AvgIpc) is 3.43. The second-order valence-electron chi connectivity index (χ2n) is 13.2. The number of anilines is 1. The number of aromatic nitrogens is 2. The van der Waals surface area contributed by atoms with Crippen LogP contribution < -0.4 is 22.1 Å². The zero-order valence-corrected chi connectivity index (χ0v) is 27.2. The average molecular weight is 711 g/mol. The number of nitrogens with two attached hydrogens (primary N) is 1. The number of benzene rings is 2. The quantitative estimate of drug-likeness (QED) is 0.228. The number of hydrogen-bond acceptors (Lipinski definition) is 6. The van der Waals surface area contributed by atoms with Gasteiger partial charge < -0.3 is 31.2 Å². The highest BCUT2D eigenvalue weighted by Crippen LogP contribution is 2.42. The molecule has 1 atom stereocenters. The summed E-state index contributed by atoms with van der Waals surface area (Å²) in [7, 11) is 0. The SMILES string of the molecule is Nc1c(C(F)(F)F)cc(C[C@@H](NC(=O)N2CCC(n3c(=O)[nH]c4ccccc43)CC2)C(=O)N2CCN(C3CCNCC3)CC2)cc1C(F)(F)F. The van der Waals surface area contributed by atoms with Gasteiger partial charge in [0.2, 0.25) is 5.91 Å². The van der Waals surface area contributed by atoms with Gasteiger partial charge in [0.15, 0.2) is 0 Å². The number of hydrogen-bond donors (Lipinski definition) is 4. The fourth-order valence-electron chi connectivity index (χ4n) is 7.44. The molecule has 0 spiro atoms. The molecule has 5 N–H and O–H groups in total. The van der Waals surface area contributed by atoms with Crippen molar-refractivity contribution >= 4 is 28.7 Å². The van der Waals surface area contributed by atoms with Crippen molar-refractivity contribution in [3.05, 3.63) is 63.6 Å². The number of rotatable bonds is 6. The van der Waals surface area contributed by atoms with Gasteiger partial charge in [0.25, 0.3) is 0 Å². The monoisotopic (exact) mass is 710 g/mol. The van der Waals surface area contributed by atoms with Crippen molar-refractivity contribution in [3.8, 4) is 0 Å². The summed E-state index contributed by atoms with van der Waals surface area (Å²) >= 11 is 0. The molecule has 3 aliphatic rings. The third-order valence-electron chi connectivity index (χ3n) is 10.1. The molecule has 6 rings (SSSR count). The maximum absolute atomic E-state index is 14.0. The summed E-state index contributed by atoms with van der Waals surface area (Å²) in [5.41, 5.74) is 1.26. The molecule has 11 nitrogen and oxygen atoms in total. The number of likely N-dealkylation sites (tertiary alicyclic amines) is 1. The highest BCUT2D eigenvalue weighted by molar-refractivity contribution is 5.87. The summed E-state index contributed by atoms with van der Waals surface area (Å²) < 4.78 is 84.7. The largest absolute Gasteiger partial charge is 0.418 e. The van der Waals surface area contributed by atoms with Gasteiger partial charge in [0.1, 0.15) is 6.04 Å². The predicted octanol–water partition coefficient (Wildman–Crippen LogP) is 3.80. The standard InChI is InChI=1S/C33H40F6N8O3/c34-32(35,36)23-17-20(18-24(28(23)40)33(37,38)39)19-26(29(48)45-15-13-44(14-16-45)21-5-9-41-10-6-21)43-30(49)46-11-7-22(8-12-46)47-27-4-2-1-3-25(27)42-31(47)50/h1-4,17-18,21-22,26,41H,5-16,19,40H2,(H,42,50)(H,43,49)/t26-/m1/s1. The summed E-state index contributed by atoms with van der Waals surface area (Å²) in [6.07, 6.45) is -8.26. The van der Waals surface area contributed by atoms with Gasteiger partial charge >= 0.3 is 24.1 Å². The van der Waals surface area contributed by atoms with E-state index in [-0.39, 0.29) is 24.8 Å². The van der Waals surface area contributed by atoms with E-state index in [1.165, 1.54) is 9.80 Å². The number of nitrogen functional groups attached to an aromatic ring is 1. The molecular formula is C33H40F6N8O3. The summed E-state index contributed by atoms with van der Waals surface area (Å²) in [5.74, 6) is -0.595. The minimum Gasteiger partial charge on any atom is -0.398 e. The van der Waals surface area contributed by atoms with E-state index in [0.717, 1.165) is 31.4 Å². The second kappa shape index (κ2) is 14.2. The van der Waals surface area contributed by atoms with E-state index in [4.69, 9.17) is 5.73 Å². The molecule has 17 heteroatoms. The Balaban J connectivity index is 1.21. The molecule has 3 saturated heterocycles. The number of piperazine rings is 1. The van der Waals surface area contributed by atoms with Gasteiger partial charge in [-0.05, 0) is 68.6 Å². The number of nitrogens with zero attached hydrogens (tertiary/aromatic N) is 4. The van der Waals surface area contributed by atoms with Crippen LogP contribution in [0.3, 0.4) is 0 Å². The molecule has 50 heavy (non-hydrogen) atoms. The van der Waals surface area contributed by atoms with E-state index in [0.29, 0.717) is 62.7 Å². The molecule has 3 aromatic rings. The Morgan fingerprint density at radius 3 is 2.04 bits per heavy atom. The maximum atomic E-state index is 14.0. The molecule has 0 radical (unpaired) electrons. The Kier molecular flexibility index (Phi) is 10.1. The van der Waals surface area contributed by atoms with E-state index in [1.54, 1.807) is 16.7 Å². The molecule has 0 saturated carbocycles. The molecule has 3 amide bonds. The van der Waals surface area contributed by atoms with Gasteiger partial charge in [0.05, 0.1) is 27.8 Å². The summed E-state index contributed by atoms with van der Waals surface area (Å²) in [4.78, 5) is 48.3. The lowest BCUT2D eigenvalue weighted by Crippen LogP contribution is -2.59. The van der Waals surface area contributed by atoms with E-state index >= 15 is 0 Å². The highest BCUT2D eigenvalue weighted by Gasteiger charge is 2.41. The lowest BCUT2D eigenvalue weighted by atomic mass is 9.96. The van der Waals surface area contributed by atoms with Crippen LogP contribution in [0.4, 0.5) is 36.8 Å². The van der Waals surface area contributed by atoms with Crippen molar-refractivity contribution in [1.82, 2.24) is 34.9 Å². The molecule has 0 aliphatic carbocycles. The fraction of sp³-hybridized carbons (Fsp3) is 0.545. The molecule has 3 aliphatic heterocycles. The third-order valence-corrected chi connectivity index (χ3v) is 10.1. The van der Waals surface area contributed by atoms with Crippen LogP contribution in [-0.2, 0) is 23.6 Å². The smallest absolute Gasteiger partial charge is 0.398 e. The third kappa shape index (κ3) is 7.57. The molecule has 272 valence electrons. The number of nitrogens with one attached hydrogen (secondary N) is 3. The summed E-state index contributed by atoms with van der Waals surface area (Å²) in [6, 6.07) is 6.26. The Morgan fingerprint density at radius 1 is 0.840 bits per heavy atom. The minimum atomic E-state index is -5.19. The number of aromatic amines is 1. The number of amides is 3. The Hall–Kier alpha value is -4.25. The van der Waals surface area contributed by atoms with E-state index < -0.39 is 59.1 Å². The molecular weight excluding hydrogens is 670 g/mol. The number of para-hydroxylation sites is 2. The highest BCUT2D eigenvalue weighted by atomic mass is 19.4. The van der Waals surface area contributed by atoms with Crippen molar-refractivity contribution in [2.45, 2.75) is 62.6 Å². The molecule has 2 aromatic carbocycles. The molecule has 3 fully saturated rings. The first-order chi connectivity index (χ1) is 23.7. The molecule has 0 bridgehead atoms. The van der Waals surface area contributed by atoms with Crippen LogP contribution in [0, 0.1) is 0 Å². The fourth-order valence-corrected chi connectivity index (χ4v) is 7.44. The van der Waals surface area contributed by atoms with Crippen molar-refractivity contribution in [2.75, 3.05) is 58.1 Å². The lowest BCUT2D eigenvalue weighted by molar-refractivity contribution is -0.141. The number of carbonyl (C=O) groups is 2. The topological polar surface area (TPSA) is 132 Å². The van der Waals surface area contributed by atoms with Crippen LogP contribution in [0.15, 0.2) is 41.2 Å². The Morgan fingerprint density at radius 2 is 1.44 bits per heavy atom. The van der Waals surface area contributed by atoms with E-state index in [1.807, 2.05) is 12.1 Å². The predicted molar refractivity (Wildman–Crippen MR) is 173 cm³/mol. The molecule has 4 heterocycles. The van der Waals surface area contributed by atoms with Gasteiger partial charge in [-0.2, -0.15) is 26.3 Å². The minimum absolute atomic E-state index is 0.205. The van der Waals surface area contributed by atoms with Crippen LogP contribution in [0.1, 0.15) is 48.4 Å². The first-order valence-electron chi connectivity index (χ1n) is 16.8. The second-order valence-corrected chi connectivity index (χ2v) is 13.2. The van der Waals surface area contributed by atoms with Crippen LogP contribution in [-0.4, -0.2) is 101 Å². The molecule has 0 unspecified atom stereocenters. The van der Waals surface area contributed by atoms with E-state index in [9.17, 15) is 40.7 Å². The van der Waals surface area contributed by atoms with Gasteiger partial charge in [0, 0.05) is 57.8 Å². The number of halogens is 6. The number of fused-ring (bicyclic) bond motifs is 1. The van der Waals surface area contributed by atoms with E-state index in [2.05, 4.69) is 20.5 Å². The number of alkyl halides is 6. The zero-order valence-electron chi connectivity index (χ0n) is 27.2. The lowest BCUT2D eigenvalue weighted by Gasteiger charge is -2.42. The van der Waals surface area contributed by atoms with Gasteiger partial charge in [-0.1, -0.05) is 12.1 Å². The van der Waals surface area contributed by atoms with Gasteiger partial charge in [-0.3, -0.25) is 14.3 Å². The first-order valence-corrected chi connectivity index (χ1v) is 16.8. The van der Waals surface area contributed by atoms with Crippen LogP contribution >= 0.6 is 0 Å². The number of imidazole rings is 1. The zero-order chi connectivity index (χ0) is 35.8. The van der Waals surface area contributed by atoms with Gasteiger partial charge in [-0.25, -0.2) is 9.59 Å². The Bertz CT molecular complexity index is 1720. The first kappa shape index (κ1) is 35.6. The van der Waals surface area contributed by atoms with Crippen molar-refractivity contribution in [1.29, 1.82) is 0 Å². The summed E-state index contributed by atoms with van der Waals surface area (Å²) in [5, 5.41) is 5.95. The van der Waals surface area contributed by atoms with Crippen molar-refractivity contribution in [3.63, 3.8) is 0 Å². The number of piperidine rings is 2. The summed E-state index contributed by atoms with van der Waals surface area (Å²) in [6.45, 7) is 3.87. The number of H-pyrrole nitrogens is 1. The van der Waals surface area contributed by atoms with Gasteiger partial charge in [-0.15, -0.1) is 0 Å². The maximum Gasteiger partial charge on any atom is 0.418 e. The Labute approximate surface area is 283 Å². The molecule has 1 aromatic heterocycles. The number of carbonyl (C=O) groups excluding carboxylic acids is 2. The van der Waals surface area contributed by atoms with Crippen LogP contribution in [0.25, 0.3) is 11.0 Å². The number of urea groups is 1. The van der Waals surface area contributed by atoms with Crippen molar-refractivity contribution in [2.24, 2.45) is 0 Å². The van der Waals surface area contributed by atoms with Crippen molar-refractivity contribution < 1.29 is 35.9 Å². The van der Waals surface area contributed by atoms with Crippen LogP contribution in [0.5, 0.6) is 0 Å². The van der Waals surface area contributed by atoms with Crippen LogP contribution in [0.2, 0.25) is 0 Å². The normalized spacial score (nSPS) is 19.6.